The number of benzene rings is 2. The topological polar surface area (TPSA) is 128 Å². The van der Waals surface area contributed by atoms with Gasteiger partial charge in [0.05, 0.1) is 34.9 Å². The molecule has 1 aliphatic rings. The number of halogens is 2. The molecule has 0 amide bonds. The Hall–Kier alpha value is -5.15. The van der Waals surface area contributed by atoms with Gasteiger partial charge in [-0.3, -0.25) is 4.68 Å². The average molecular weight is 571 g/mol. The van der Waals surface area contributed by atoms with Crippen molar-refractivity contribution in [3.05, 3.63) is 94.6 Å². The van der Waals surface area contributed by atoms with Gasteiger partial charge in [0.2, 0.25) is 5.88 Å². The van der Waals surface area contributed by atoms with E-state index in [1.165, 1.54) is 16.8 Å². The van der Waals surface area contributed by atoms with E-state index in [9.17, 15) is 9.90 Å². The fraction of sp³-hybridized carbons (Fsp3) is 0.233. The van der Waals surface area contributed by atoms with Crippen molar-refractivity contribution in [2.45, 2.75) is 32.1 Å². The van der Waals surface area contributed by atoms with E-state index in [0.717, 1.165) is 18.6 Å². The predicted molar refractivity (Wildman–Crippen MR) is 146 cm³/mol. The first-order valence-electron chi connectivity index (χ1n) is 13.1. The Kier molecular flexibility index (Phi) is 7.10. The normalized spacial score (nSPS) is 14.5. The van der Waals surface area contributed by atoms with E-state index in [1.54, 1.807) is 37.4 Å². The minimum Gasteiger partial charge on any atom is -0.478 e. The van der Waals surface area contributed by atoms with E-state index in [2.05, 4.69) is 15.1 Å². The molecule has 0 spiro atoms. The van der Waals surface area contributed by atoms with E-state index in [4.69, 9.17) is 14.7 Å². The summed E-state index contributed by atoms with van der Waals surface area (Å²) in [5.74, 6) is -1.72. The number of rotatable bonds is 9. The van der Waals surface area contributed by atoms with Crippen LogP contribution in [-0.4, -0.2) is 48.1 Å². The lowest BCUT2D eigenvalue weighted by Crippen LogP contribution is -2.31. The van der Waals surface area contributed by atoms with Crippen LogP contribution in [0.5, 0.6) is 5.88 Å². The van der Waals surface area contributed by atoms with Crippen molar-refractivity contribution < 1.29 is 28.2 Å². The lowest BCUT2D eigenvalue weighted by atomic mass is 10.0. The number of hydrogen-bond acceptors (Lipinski definition) is 7. The molecular formula is C30H24F2N6O4. The van der Waals surface area contributed by atoms with Gasteiger partial charge in [-0.15, -0.1) is 0 Å². The Balaban J connectivity index is 1.26. The molecule has 6 rings (SSSR count). The molecule has 212 valence electrons. The standard InChI is InChI=1S/C30H24F2N6O4/c1-37-20(14-33)12-19(36-37)16-42-29-4-2-3-25(35-29)22-13-23(31)18(9-24(22)32)11-28-34-26-6-5-17(30(39)40)10-27(26)38(28)15-21-7-8-41-21/h2-6,9-10,12-13,21H,7-8,11,15-16H2,1H3,(H,39,40)/t21-/m0/s1. The van der Waals surface area contributed by atoms with Crippen molar-refractivity contribution in [3.63, 3.8) is 0 Å². The van der Waals surface area contributed by atoms with E-state index in [-0.39, 0.29) is 47.4 Å². The third-order valence-corrected chi connectivity index (χ3v) is 7.15. The number of carboxylic acid groups (broad SMARTS) is 1. The number of imidazole rings is 1. The molecule has 12 heteroatoms. The molecule has 1 N–H and O–H groups in total. The van der Waals surface area contributed by atoms with Gasteiger partial charge in [-0.25, -0.2) is 23.5 Å². The molecule has 2 aromatic carbocycles. The summed E-state index contributed by atoms with van der Waals surface area (Å²) in [4.78, 5) is 20.5. The molecule has 4 heterocycles. The number of pyridine rings is 1. The largest absolute Gasteiger partial charge is 0.478 e. The first kappa shape index (κ1) is 27.0. The van der Waals surface area contributed by atoms with Gasteiger partial charge in [0.1, 0.15) is 41.5 Å². The summed E-state index contributed by atoms with van der Waals surface area (Å²) in [6.07, 6.45) is 0.761. The van der Waals surface area contributed by atoms with Crippen LogP contribution in [0.25, 0.3) is 22.3 Å². The van der Waals surface area contributed by atoms with Gasteiger partial charge in [0.25, 0.3) is 0 Å². The van der Waals surface area contributed by atoms with Gasteiger partial charge in [-0.05, 0) is 48.4 Å². The third kappa shape index (κ3) is 5.29. The Morgan fingerprint density at radius 1 is 1.17 bits per heavy atom. The van der Waals surface area contributed by atoms with Crippen LogP contribution in [0.15, 0.2) is 54.6 Å². The Morgan fingerprint density at radius 2 is 2.00 bits per heavy atom. The molecule has 1 saturated heterocycles. The number of carbonyl (C=O) groups is 1. The van der Waals surface area contributed by atoms with Gasteiger partial charge in [-0.2, -0.15) is 10.4 Å². The van der Waals surface area contributed by atoms with Crippen molar-refractivity contribution in [2.75, 3.05) is 6.61 Å². The second-order valence-electron chi connectivity index (χ2n) is 9.94. The zero-order valence-corrected chi connectivity index (χ0v) is 22.4. The highest BCUT2D eigenvalue weighted by atomic mass is 19.1. The number of carboxylic acids is 1. The van der Waals surface area contributed by atoms with Crippen molar-refractivity contribution in [2.24, 2.45) is 7.05 Å². The molecule has 0 saturated carbocycles. The average Bonchev–Trinajstić information content (AvgIpc) is 3.49. The second-order valence-corrected chi connectivity index (χ2v) is 9.94. The maximum Gasteiger partial charge on any atom is 0.335 e. The maximum atomic E-state index is 15.4. The quantitative estimate of drug-likeness (QED) is 0.272. The smallest absolute Gasteiger partial charge is 0.335 e. The Morgan fingerprint density at radius 3 is 2.71 bits per heavy atom. The number of nitriles is 1. The van der Waals surface area contributed by atoms with Crippen LogP contribution >= 0.6 is 0 Å². The molecule has 3 aromatic heterocycles. The zero-order valence-electron chi connectivity index (χ0n) is 22.4. The zero-order chi connectivity index (χ0) is 29.4. The van der Waals surface area contributed by atoms with Crippen LogP contribution in [0.3, 0.4) is 0 Å². The van der Waals surface area contributed by atoms with Crippen LogP contribution in [0, 0.1) is 23.0 Å². The molecule has 0 bridgehead atoms. The first-order chi connectivity index (χ1) is 20.3. The molecule has 0 aliphatic carbocycles. The molecule has 0 radical (unpaired) electrons. The summed E-state index contributed by atoms with van der Waals surface area (Å²) in [6.45, 7) is 1.10. The van der Waals surface area contributed by atoms with Gasteiger partial charge >= 0.3 is 5.97 Å². The molecule has 1 fully saturated rings. The molecule has 10 nitrogen and oxygen atoms in total. The van der Waals surface area contributed by atoms with Crippen molar-refractivity contribution in [1.82, 2.24) is 24.3 Å². The molecule has 0 unspecified atom stereocenters. The number of aromatic nitrogens is 5. The monoisotopic (exact) mass is 570 g/mol. The molecule has 1 aliphatic heterocycles. The minimum absolute atomic E-state index is 0.0157. The summed E-state index contributed by atoms with van der Waals surface area (Å²) in [7, 11) is 1.65. The maximum absolute atomic E-state index is 15.4. The summed E-state index contributed by atoms with van der Waals surface area (Å²) in [5.41, 5.74) is 2.41. The third-order valence-electron chi connectivity index (χ3n) is 7.15. The highest BCUT2D eigenvalue weighted by Crippen LogP contribution is 2.29. The van der Waals surface area contributed by atoms with E-state index in [1.807, 2.05) is 10.6 Å². The van der Waals surface area contributed by atoms with Crippen LogP contribution in [0.1, 0.15) is 39.6 Å². The van der Waals surface area contributed by atoms with E-state index in [0.29, 0.717) is 41.4 Å². The van der Waals surface area contributed by atoms with Gasteiger partial charge in [-0.1, -0.05) is 6.07 Å². The van der Waals surface area contributed by atoms with Gasteiger partial charge < -0.3 is 19.1 Å². The fourth-order valence-corrected chi connectivity index (χ4v) is 4.86. The van der Waals surface area contributed by atoms with Crippen molar-refractivity contribution >= 4 is 17.0 Å². The van der Waals surface area contributed by atoms with Crippen LogP contribution in [-0.2, 0) is 31.4 Å². The van der Waals surface area contributed by atoms with Crippen LogP contribution < -0.4 is 4.74 Å². The molecular weight excluding hydrogens is 546 g/mol. The van der Waals surface area contributed by atoms with E-state index < -0.39 is 17.6 Å². The summed E-state index contributed by atoms with van der Waals surface area (Å²) < 4.78 is 45.4. The second kappa shape index (κ2) is 11.0. The van der Waals surface area contributed by atoms with Crippen LogP contribution in [0.2, 0.25) is 0 Å². The van der Waals surface area contributed by atoms with Crippen LogP contribution in [0.4, 0.5) is 8.78 Å². The highest BCUT2D eigenvalue weighted by Gasteiger charge is 2.23. The predicted octanol–water partition coefficient (Wildman–Crippen LogP) is 4.64. The van der Waals surface area contributed by atoms with Gasteiger partial charge in [0, 0.05) is 37.8 Å². The highest BCUT2D eigenvalue weighted by molar-refractivity contribution is 5.92. The van der Waals surface area contributed by atoms with Crippen molar-refractivity contribution in [1.29, 1.82) is 5.26 Å². The Bertz CT molecular complexity index is 1870. The first-order valence-corrected chi connectivity index (χ1v) is 13.1. The fourth-order valence-electron chi connectivity index (χ4n) is 4.86. The number of ether oxygens (including phenoxy) is 2. The van der Waals surface area contributed by atoms with Gasteiger partial charge in [0.15, 0.2) is 0 Å². The molecule has 5 aromatic rings. The SMILES string of the molecule is Cn1nc(COc2cccc(-c3cc(F)c(Cc4nc5ccc(C(=O)O)cc5n4C[C@@H]4CCO4)cc3F)n2)cc1C#N. The summed E-state index contributed by atoms with van der Waals surface area (Å²) >= 11 is 0. The summed E-state index contributed by atoms with van der Waals surface area (Å²) in [6, 6.07) is 15.2. The van der Waals surface area contributed by atoms with E-state index >= 15 is 8.78 Å². The number of hydrogen-bond donors (Lipinski definition) is 1. The molecule has 42 heavy (non-hydrogen) atoms. The minimum atomic E-state index is -1.07. The lowest BCUT2D eigenvalue weighted by Gasteiger charge is -2.27. The summed E-state index contributed by atoms with van der Waals surface area (Å²) in [5, 5.41) is 22.7. The molecule has 1 atom stereocenters. The number of aryl methyl sites for hydroxylation is 1. The number of aromatic carboxylic acids is 1. The Labute approximate surface area is 238 Å². The van der Waals surface area contributed by atoms with Crippen molar-refractivity contribution in [3.8, 4) is 23.2 Å². The number of fused-ring (bicyclic) bond motifs is 1. The lowest BCUT2D eigenvalue weighted by molar-refractivity contribution is -0.0589. The number of nitrogens with zero attached hydrogens (tertiary/aromatic N) is 6.